The van der Waals surface area contributed by atoms with Crippen LogP contribution in [0.1, 0.15) is 11.4 Å². The van der Waals surface area contributed by atoms with Crippen LogP contribution in [0.3, 0.4) is 0 Å². The molecule has 0 unspecified atom stereocenters. The maximum atomic E-state index is 13.4. The lowest BCUT2D eigenvalue weighted by Crippen LogP contribution is -2.15. The van der Waals surface area contributed by atoms with E-state index in [2.05, 4.69) is 20.0 Å². The highest BCUT2D eigenvalue weighted by Gasteiger charge is 2.26. The monoisotopic (exact) mass is 423 g/mol. The zero-order valence-corrected chi connectivity index (χ0v) is 17.1. The molecule has 0 radical (unpaired) electrons. The number of rotatable bonds is 5. The fourth-order valence-corrected chi connectivity index (χ4v) is 4.64. The fraction of sp³-hybridized carbons (Fsp3) is 0.0952. The number of aryl methyl sites for hydroxylation is 1. The molecule has 0 aliphatic rings. The van der Waals surface area contributed by atoms with E-state index in [0.29, 0.717) is 22.9 Å². The van der Waals surface area contributed by atoms with E-state index in [1.54, 1.807) is 26.0 Å². The molecule has 0 amide bonds. The van der Waals surface area contributed by atoms with Gasteiger partial charge < -0.3 is 0 Å². The summed E-state index contributed by atoms with van der Waals surface area (Å²) in [5.41, 5.74) is 2.42. The van der Waals surface area contributed by atoms with E-state index in [1.807, 2.05) is 30.3 Å². The summed E-state index contributed by atoms with van der Waals surface area (Å²) in [6, 6.07) is 18.4. The van der Waals surface area contributed by atoms with Gasteiger partial charge in [-0.05, 0) is 44.2 Å². The number of hydrogen-bond acceptors (Lipinski definition) is 5. The maximum absolute atomic E-state index is 13.4. The Morgan fingerprint density at radius 3 is 2.37 bits per heavy atom. The molecule has 7 nitrogen and oxygen atoms in total. The van der Waals surface area contributed by atoms with Crippen molar-refractivity contribution in [1.29, 1.82) is 0 Å². The highest BCUT2D eigenvalue weighted by Crippen LogP contribution is 2.25. The van der Waals surface area contributed by atoms with Crippen molar-refractivity contribution in [2.24, 2.45) is 0 Å². The molecule has 9 heteroatoms. The molecule has 152 valence electrons. The maximum Gasteiger partial charge on any atom is 0.265 e. The van der Waals surface area contributed by atoms with Crippen LogP contribution >= 0.6 is 0 Å². The van der Waals surface area contributed by atoms with Crippen LogP contribution in [0.25, 0.3) is 17.1 Å². The number of benzene rings is 2. The summed E-state index contributed by atoms with van der Waals surface area (Å²) in [5, 5.41) is 12.8. The van der Waals surface area contributed by atoms with Gasteiger partial charge in [-0.3, -0.25) is 4.72 Å². The van der Waals surface area contributed by atoms with E-state index in [9.17, 15) is 12.8 Å². The Morgan fingerprint density at radius 1 is 0.933 bits per heavy atom. The molecular formula is C21H18FN5O2S. The first-order valence-electron chi connectivity index (χ1n) is 9.09. The van der Waals surface area contributed by atoms with Crippen LogP contribution in [0.2, 0.25) is 0 Å². The van der Waals surface area contributed by atoms with Crippen molar-refractivity contribution in [1.82, 2.24) is 20.0 Å². The van der Waals surface area contributed by atoms with Gasteiger partial charge >= 0.3 is 0 Å². The Hall–Kier alpha value is -3.59. The third-order valence-electron chi connectivity index (χ3n) is 4.51. The smallest absolute Gasteiger partial charge is 0.265 e. The van der Waals surface area contributed by atoms with E-state index in [4.69, 9.17) is 0 Å². The van der Waals surface area contributed by atoms with Gasteiger partial charge in [0, 0.05) is 5.56 Å². The average Bonchev–Trinajstić information content (AvgIpc) is 3.03. The van der Waals surface area contributed by atoms with Crippen molar-refractivity contribution in [3.05, 3.63) is 83.9 Å². The molecule has 2 heterocycles. The molecule has 0 atom stereocenters. The van der Waals surface area contributed by atoms with Crippen LogP contribution in [0.4, 0.5) is 10.1 Å². The first-order chi connectivity index (χ1) is 14.3. The average molecular weight is 423 g/mol. The summed E-state index contributed by atoms with van der Waals surface area (Å²) in [6.07, 6.45) is 0. The zero-order chi connectivity index (χ0) is 21.3. The van der Waals surface area contributed by atoms with E-state index in [1.165, 1.54) is 22.9 Å². The van der Waals surface area contributed by atoms with Gasteiger partial charge in [0.1, 0.15) is 10.7 Å². The third-order valence-corrected chi connectivity index (χ3v) is 6.14. The molecule has 0 saturated heterocycles. The van der Waals surface area contributed by atoms with E-state index in [0.717, 1.165) is 11.6 Å². The molecule has 4 rings (SSSR count). The molecule has 2 aromatic carbocycles. The van der Waals surface area contributed by atoms with Gasteiger partial charge in [0.25, 0.3) is 10.0 Å². The van der Waals surface area contributed by atoms with Gasteiger partial charge in [0.2, 0.25) is 0 Å². The quantitative estimate of drug-likeness (QED) is 0.526. The SMILES string of the molecule is Cc1nn(-c2ccc(-c3ccccc3)nn2)c(C)c1S(=O)(=O)Nc1cccc(F)c1. The minimum Gasteiger partial charge on any atom is -0.279 e. The van der Waals surface area contributed by atoms with Crippen LogP contribution in [0.15, 0.2) is 71.6 Å². The summed E-state index contributed by atoms with van der Waals surface area (Å²) in [6.45, 7) is 3.22. The number of sulfonamides is 1. The van der Waals surface area contributed by atoms with Crippen LogP contribution in [-0.2, 0) is 10.0 Å². The molecule has 0 bridgehead atoms. The number of anilines is 1. The number of hydrogen-bond donors (Lipinski definition) is 1. The fourth-order valence-electron chi connectivity index (χ4n) is 3.20. The lowest BCUT2D eigenvalue weighted by atomic mass is 10.1. The standard InChI is InChI=1S/C21H18FN5O2S/c1-14-21(30(28,29)26-18-10-6-9-17(22)13-18)15(2)27(25-14)20-12-11-19(23-24-20)16-7-4-3-5-8-16/h3-13,26H,1-2H3. The number of aromatic nitrogens is 4. The van der Waals surface area contributed by atoms with Gasteiger partial charge in [-0.2, -0.15) is 5.10 Å². The molecule has 1 N–H and O–H groups in total. The Kier molecular flexibility index (Phi) is 5.04. The topological polar surface area (TPSA) is 89.8 Å². The summed E-state index contributed by atoms with van der Waals surface area (Å²) < 4.78 is 43.1. The second-order valence-electron chi connectivity index (χ2n) is 6.67. The Labute approximate surface area is 173 Å². The van der Waals surface area contributed by atoms with Crippen molar-refractivity contribution in [2.75, 3.05) is 4.72 Å². The summed E-state index contributed by atoms with van der Waals surface area (Å²) in [4.78, 5) is 0.0145. The second kappa shape index (κ2) is 7.68. The van der Waals surface area contributed by atoms with E-state index in [-0.39, 0.29) is 10.6 Å². The van der Waals surface area contributed by atoms with Gasteiger partial charge in [-0.25, -0.2) is 17.5 Å². The minimum absolute atomic E-state index is 0.0145. The van der Waals surface area contributed by atoms with Gasteiger partial charge in [-0.1, -0.05) is 36.4 Å². The second-order valence-corrected chi connectivity index (χ2v) is 8.29. The van der Waals surface area contributed by atoms with Crippen LogP contribution in [0, 0.1) is 19.7 Å². The Morgan fingerprint density at radius 2 is 1.70 bits per heavy atom. The first kappa shape index (κ1) is 19.7. The molecule has 0 saturated carbocycles. The van der Waals surface area contributed by atoms with Crippen LogP contribution in [-0.4, -0.2) is 28.4 Å². The Bertz CT molecular complexity index is 1300. The zero-order valence-electron chi connectivity index (χ0n) is 16.2. The Balaban J connectivity index is 1.68. The van der Waals surface area contributed by atoms with Crippen LogP contribution in [0.5, 0.6) is 0 Å². The largest absolute Gasteiger partial charge is 0.279 e. The lowest BCUT2D eigenvalue weighted by Gasteiger charge is -2.09. The molecule has 2 aromatic heterocycles. The molecule has 0 spiro atoms. The van der Waals surface area contributed by atoms with Crippen molar-refractivity contribution in [2.45, 2.75) is 18.7 Å². The highest BCUT2D eigenvalue weighted by atomic mass is 32.2. The summed E-state index contributed by atoms with van der Waals surface area (Å²) in [7, 11) is -3.98. The number of nitrogens with one attached hydrogen (secondary N) is 1. The normalized spacial score (nSPS) is 11.4. The number of halogens is 1. The summed E-state index contributed by atoms with van der Waals surface area (Å²) in [5.74, 6) is -0.143. The van der Waals surface area contributed by atoms with Crippen molar-refractivity contribution in [3.63, 3.8) is 0 Å². The summed E-state index contributed by atoms with van der Waals surface area (Å²) >= 11 is 0. The van der Waals surface area contributed by atoms with Crippen molar-refractivity contribution in [3.8, 4) is 17.1 Å². The van der Waals surface area contributed by atoms with Crippen LogP contribution < -0.4 is 4.72 Å². The molecule has 0 aliphatic carbocycles. The predicted octanol–water partition coefficient (Wildman–Crippen LogP) is 3.89. The predicted molar refractivity (Wildman–Crippen MR) is 111 cm³/mol. The highest BCUT2D eigenvalue weighted by molar-refractivity contribution is 7.92. The van der Waals surface area contributed by atoms with Gasteiger partial charge in [-0.15, -0.1) is 10.2 Å². The molecule has 0 fully saturated rings. The molecule has 0 aliphatic heterocycles. The molecular weight excluding hydrogens is 405 g/mol. The molecule has 30 heavy (non-hydrogen) atoms. The number of nitrogens with zero attached hydrogens (tertiary/aromatic N) is 4. The third kappa shape index (κ3) is 3.79. The van der Waals surface area contributed by atoms with Crippen molar-refractivity contribution >= 4 is 15.7 Å². The van der Waals surface area contributed by atoms with Crippen molar-refractivity contribution < 1.29 is 12.8 Å². The minimum atomic E-state index is -3.98. The lowest BCUT2D eigenvalue weighted by molar-refractivity contribution is 0.599. The van der Waals surface area contributed by atoms with E-state index < -0.39 is 15.8 Å². The van der Waals surface area contributed by atoms with Gasteiger partial charge in [0.15, 0.2) is 5.82 Å². The molecule has 4 aromatic rings. The first-order valence-corrected chi connectivity index (χ1v) is 10.6. The van der Waals surface area contributed by atoms with E-state index >= 15 is 0 Å². The van der Waals surface area contributed by atoms with Gasteiger partial charge in [0.05, 0.1) is 22.8 Å².